The van der Waals surface area contributed by atoms with Crippen molar-refractivity contribution in [2.24, 2.45) is 4.99 Å². The van der Waals surface area contributed by atoms with Crippen LogP contribution in [0.1, 0.15) is 5.69 Å². The molecule has 6 heteroatoms. The number of benzene rings is 1. The summed E-state index contributed by atoms with van der Waals surface area (Å²) in [6, 6.07) is 10.6. The molecule has 0 saturated heterocycles. The Hall–Kier alpha value is -0.567. The van der Waals surface area contributed by atoms with Crippen LogP contribution in [0.5, 0.6) is 5.75 Å². The van der Waals surface area contributed by atoms with E-state index in [-0.39, 0.29) is 5.75 Å². The average Bonchev–Trinajstić information content (AvgIpc) is 2.82. The molecule has 2 rings (SSSR count). The molecule has 0 amide bonds. The van der Waals surface area contributed by atoms with Gasteiger partial charge in [-0.25, -0.2) is 0 Å². The van der Waals surface area contributed by atoms with E-state index in [4.69, 9.17) is 17.0 Å². The summed E-state index contributed by atoms with van der Waals surface area (Å²) in [5.41, 5.74) is 1.34. The molecular weight excluding hydrogens is 338 g/mol. The zero-order chi connectivity index (χ0) is 12.5. The van der Waals surface area contributed by atoms with Gasteiger partial charge in [0.25, 0.3) is 0 Å². The molecule has 0 aliphatic rings. The van der Waals surface area contributed by atoms with Crippen molar-refractivity contribution >= 4 is 28.9 Å². The fourth-order valence-corrected chi connectivity index (χ4v) is 1.10. The van der Waals surface area contributed by atoms with E-state index in [0.29, 0.717) is 5.69 Å². The van der Waals surface area contributed by atoms with E-state index >= 15 is 0 Å². The van der Waals surface area contributed by atoms with E-state index in [1.54, 1.807) is 30.6 Å². The number of rotatable bonds is 2. The molecule has 1 aromatic carbocycles. The Morgan fingerprint density at radius 1 is 1.18 bits per heavy atom. The van der Waals surface area contributed by atoms with E-state index in [2.05, 4.69) is 9.98 Å². The standard InChI is InChI=1S/C11H9N2O.2ClH.Zr/c14-11-6-2-1-5-10(11)13-8-9-4-3-7-12-9;;;/h1-8H,(H-,12,13,14);2*1H;/q-1;;;+2/p-2. The van der Waals surface area contributed by atoms with Gasteiger partial charge in [-0.15, -0.1) is 5.69 Å². The summed E-state index contributed by atoms with van der Waals surface area (Å²) in [4.78, 5) is 8.14. The number of aliphatic imine (C=N–C) groups is 1. The van der Waals surface area contributed by atoms with Crippen molar-refractivity contribution in [2.45, 2.75) is 0 Å². The van der Waals surface area contributed by atoms with Crippen LogP contribution in [0.25, 0.3) is 0 Å². The second-order valence-corrected chi connectivity index (χ2v) is 6.61. The quantitative estimate of drug-likeness (QED) is 0.846. The predicted octanol–water partition coefficient (Wildman–Crippen LogP) is 3.48. The number of halogens is 2. The van der Waals surface area contributed by atoms with Crippen LogP contribution >= 0.6 is 17.0 Å². The van der Waals surface area contributed by atoms with Gasteiger partial charge in [-0.1, -0.05) is 24.3 Å². The molecule has 0 atom stereocenters. The molecule has 3 nitrogen and oxygen atoms in total. The summed E-state index contributed by atoms with van der Waals surface area (Å²) in [6.07, 6.45) is 3.32. The van der Waals surface area contributed by atoms with E-state index in [9.17, 15) is 5.11 Å². The normalized spacial score (nSPS) is 9.76. The molecule has 0 aliphatic carbocycles. The first kappa shape index (κ1) is 14.5. The second-order valence-electron chi connectivity index (χ2n) is 2.88. The summed E-state index contributed by atoms with van der Waals surface area (Å²) < 4.78 is 0. The van der Waals surface area contributed by atoms with Crippen molar-refractivity contribution in [3.8, 4) is 5.75 Å². The monoisotopic (exact) mass is 345 g/mol. The van der Waals surface area contributed by atoms with Crippen LogP contribution in [0, 0.1) is 0 Å². The van der Waals surface area contributed by atoms with E-state index in [0.717, 1.165) is 5.69 Å². The Kier molecular flexibility index (Phi) is 7.26. The maximum absolute atomic E-state index is 9.40. The molecule has 0 fully saturated rings. The van der Waals surface area contributed by atoms with Crippen molar-refractivity contribution < 1.29 is 26.0 Å². The SMILES string of the molecule is Oc1ccccc1N=Cc1ccc[n-]1.[Cl][Zr][Cl]. The van der Waals surface area contributed by atoms with Gasteiger partial charge < -0.3 is 10.1 Å². The van der Waals surface area contributed by atoms with Crippen molar-refractivity contribution in [1.29, 1.82) is 0 Å². The third-order valence-electron chi connectivity index (χ3n) is 1.79. The van der Waals surface area contributed by atoms with Crippen LogP contribution in [0.2, 0.25) is 0 Å². The summed E-state index contributed by atoms with van der Waals surface area (Å²) in [7, 11) is 9.87. The van der Waals surface area contributed by atoms with Crippen LogP contribution in [0.15, 0.2) is 47.6 Å². The number of phenolic OH excluding ortho intramolecular Hbond substituents is 1. The van der Waals surface area contributed by atoms with Crippen molar-refractivity contribution in [1.82, 2.24) is 4.98 Å². The molecule has 0 aliphatic heterocycles. The fourth-order valence-electron chi connectivity index (χ4n) is 1.10. The molecule has 0 bridgehead atoms. The minimum absolute atomic E-state index is 0.176. The number of para-hydroxylation sites is 2. The number of phenols is 1. The van der Waals surface area contributed by atoms with E-state index in [1.165, 1.54) is 0 Å². The molecule has 1 N–H and O–H groups in total. The average molecular weight is 347 g/mol. The molecule has 0 unspecified atom stereocenters. The molecule has 2 aromatic rings. The molecule has 0 spiro atoms. The maximum atomic E-state index is 9.40. The van der Waals surface area contributed by atoms with Gasteiger partial charge in [0.05, 0.1) is 0 Å². The number of aromatic nitrogens is 1. The van der Waals surface area contributed by atoms with Gasteiger partial charge in [-0.3, -0.25) is 4.99 Å². The Balaban J connectivity index is 0.000000437. The van der Waals surface area contributed by atoms with Gasteiger partial charge in [0.2, 0.25) is 0 Å². The van der Waals surface area contributed by atoms with Gasteiger partial charge in [-0.2, -0.15) is 6.20 Å². The molecule has 17 heavy (non-hydrogen) atoms. The number of aromatic hydroxyl groups is 1. The summed E-state index contributed by atoms with van der Waals surface area (Å²) >= 11 is -0.826. The molecular formula is C11H9Cl2N2OZr-. The Labute approximate surface area is 118 Å². The van der Waals surface area contributed by atoms with Crippen LogP contribution in [0.3, 0.4) is 0 Å². The first-order chi connectivity index (χ1) is 8.27. The molecule has 0 saturated carbocycles. The fraction of sp³-hybridized carbons (Fsp3) is 0. The Morgan fingerprint density at radius 2 is 1.88 bits per heavy atom. The first-order valence-electron chi connectivity index (χ1n) is 4.64. The molecule has 0 radical (unpaired) electrons. The van der Waals surface area contributed by atoms with Crippen LogP contribution < -0.4 is 4.98 Å². The third kappa shape index (κ3) is 5.53. The third-order valence-corrected chi connectivity index (χ3v) is 1.79. The summed E-state index contributed by atoms with van der Waals surface area (Å²) in [6.45, 7) is 0. The second kappa shape index (κ2) is 8.51. The predicted molar refractivity (Wildman–Crippen MR) is 66.8 cm³/mol. The number of hydrogen-bond acceptors (Lipinski definition) is 2. The number of hydrogen-bond donors (Lipinski definition) is 1. The van der Waals surface area contributed by atoms with Crippen molar-refractivity contribution in [3.63, 3.8) is 0 Å². The molecule has 88 valence electrons. The van der Waals surface area contributed by atoms with Gasteiger partial charge in [-0.05, 0) is 12.1 Å². The minimum atomic E-state index is -0.826. The van der Waals surface area contributed by atoms with Gasteiger partial charge in [0.1, 0.15) is 11.4 Å². The van der Waals surface area contributed by atoms with Crippen molar-refractivity contribution in [3.05, 3.63) is 48.3 Å². The zero-order valence-corrected chi connectivity index (χ0v) is 12.7. The number of nitrogens with zero attached hydrogens (tertiary/aromatic N) is 2. The Bertz CT molecular complexity index is 460. The van der Waals surface area contributed by atoms with E-state index < -0.39 is 20.8 Å². The van der Waals surface area contributed by atoms with Gasteiger partial charge in [0, 0.05) is 6.21 Å². The first-order valence-corrected chi connectivity index (χ1v) is 11.0. The zero-order valence-electron chi connectivity index (χ0n) is 8.72. The topological polar surface area (TPSA) is 46.7 Å². The molecule has 1 aromatic heterocycles. The molecule has 1 heterocycles. The van der Waals surface area contributed by atoms with Crippen molar-refractivity contribution in [2.75, 3.05) is 0 Å². The van der Waals surface area contributed by atoms with Crippen LogP contribution in [-0.4, -0.2) is 11.3 Å². The summed E-state index contributed by atoms with van der Waals surface area (Å²) in [5.74, 6) is 0.176. The van der Waals surface area contributed by atoms with Crippen LogP contribution in [0.4, 0.5) is 5.69 Å². The summed E-state index contributed by atoms with van der Waals surface area (Å²) in [5, 5.41) is 9.40. The van der Waals surface area contributed by atoms with Gasteiger partial charge >= 0.3 is 37.9 Å². The van der Waals surface area contributed by atoms with Gasteiger partial charge in [0.15, 0.2) is 0 Å². The van der Waals surface area contributed by atoms with E-state index in [1.807, 2.05) is 18.2 Å². The van der Waals surface area contributed by atoms with Crippen LogP contribution in [-0.2, 0) is 20.8 Å². The Morgan fingerprint density at radius 3 is 2.47 bits per heavy atom.